The Balaban J connectivity index is 1.62. The minimum Gasteiger partial charge on any atom is -0.494 e. The molecular weight excluding hydrogens is 422 g/mol. The van der Waals surface area contributed by atoms with Gasteiger partial charge in [-0.15, -0.1) is 11.3 Å². The summed E-state index contributed by atoms with van der Waals surface area (Å²) in [5, 5.41) is 6.39. The van der Waals surface area contributed by atoms with Gasteiger partial charge in [0.15, 0.2) is 0 Å². The molecule has 0 saturated heterocycles. The van der Waals surface area contributed by atoms with E-state index in [-0.39, 0.29) is 5.97 Å². The zero-order valence-electron chi connectivity index (χ0n) is 18.1. The SMILES string of the molecule is CCCCOC(=O)c1cccc(Nc2ncnc3scc(-c4ccc(OCC)cc4)c23)c1. The summed E-state index contributed by atoms with van der Waals surface area (Å²) in [7, 11) is 0. The third-order valence-electron chi connectivity index (χ3n) is 4.94. The molecule has 0 aliphatic rings. The number of fused-ring (bicyclic) bond motifs is 1. The fourth-order valence-electron chi connectivity index (χ4n) is 3.33. The lowest BCUT2D eigenvalue weighted by Crippen LogP contribution is -2.06. The number of nitrogens with one attached hydrogen (secondary N) is 1. The van der Waals surface area contributed by atoms with Crippen LogP contribution in [0, 0.1) is 0 Å². The highest BCUT2D eigenvalue weighted by atomic mass is 32.1. The summed E-state index contributed by atoms with van der Waals surface area (Å²) < 4.78 is 10.9. The van der Waals surface area contributed by atoms with Gasteiger partial charge in [0.1, 0.15) is 22.7 Å². The summed E-state index contributed by atoms with van der Waals surface area (Å²) in [4.78, 5) is 22.1. The molecule has 4 aromatic rings. The van der Waals surface area contributed by atoms with Crippen molar-refractivity contribution in [3.63, 3.8) is 0 Å². The average molecular weight is 448 g/mol. The number of anilines is 2. The molecule has 0 aliphatic heterocycles. The highest BCUT2D eigenvalue weighted by Gasteiger charge is 2.14. The van der Waals surface area contributed by atoms with Gasteiger partial charge in [-0.3, -0.25) is 0 Å². The van der Waals surface area contributed by atoms with Crippen LogP contribution in [0.1, 0.15) is 37.0 Å². The van der Waals surface area contributed by atoms with Crippen molar-refractivity contribution in [2.75, 3.05) is 18.5 Å². The fraction of sp³-hybridized carbons (Fsp3) is 0.240. The van der Waals surface area contributed by atoms with Crippen molar-refractivity contribution < 1.29 is 14.3 Å². The van der Waals surface area contributed by atoms with E-state index < -0.39 is 0 Å². The summed E-state index contributed by atoms with van der Waals surface area (Å²) in [6, 6.07) is 15.3. The lowest BCUT2D eigenvalue weighted by Gasteiger charge is -2.10. The first-order chi connectivity index (χ1) is 15.7. The van der Waals surface area contributed by atoms with Crippen molar-refractivity contribution in [1.82, 2.24) is 9.97 Å². The van der Waals surface area contributed by atoms with Gasteiger partial charge in [-0.1, -0.05) is 31.5 Å². The normalized spacial score (nSPS) is 10.8. The number of benzene rings is 2. The smallest absolute Gasteiger partial charge is 0.338 e. The molecule has 0 fully saturated rings. The maximum atomic E-state index is 12.3. The van der Waals surface area contributed by atoms with E-state index in [0.717, 1.165) is 45.6 Å². The molecular formula is C25H25N3O3S. The topological polar surface area (TPSA) is 73.3 Å². The second-order valence-corrected chi connectivity index (χ2v) is 8.06. The lowest BCUT2D eigenvalue weighted by molar-refractivity contribution is 0.0500. The summed E-state index contributed by atoms with van der Waals surface area (Å²) in [5.41, 5.74) is 3.38. The third kappa shape index (κ3) is 4.89. The van der Waals surface area contributed by atoms with Crippen LogP contribution in [0.4, 0.5) is 11.5 Å². The van der Waals surface area contributed by atoms with Crippen LogP contribution in [-0.4, -0.2) is 29.2 Å². The highest BCUT2D eigenvalue weighted by Crippen LogP contribution is 2.38. The Labute approximate surface area is 191 Å². The van der Waals surface area contributed by atoms with Crippen LogP contribution in [0.3, 0.4) is 0 Å². The number of thiophene rings is 1. The fourth-order valence-corrected chi connectivity index (χ4v) is 4.25. The first-order valence-electron chi connectivity index (χ1n) is 10.7. The van der Waals surface area contributed by atoms with Crippen molar-refractivity contribution in [2.45, 2.75) is 26.7 Å². The van der Waals surface area contributed by atoms with Gasteiger partial charge in [0.05, 0.1) is 24.2 Å². The number of nitrogens with zero attached hydrogens (tertiary/aromatic N) is 2. The number of esters is 1. The van der Waals surface area contributed by atoms with Gasteiger partial charge in [0.2, 0.25) is 0 Å². The number of aromatic nitrogens is 2. The van der Waals surface area contributed by atoms with E-state index >= 15 is 0 Å². The number of hydrogen-bond donors (Lipinski definition) is 1. The molecule has 7 heteroatoms. The van der Waals surface area contributed by atoms with Crippen molar-refractivity contribution in [3.05, 3.63) is 65.8 Å². The number of carbonyl (C=O) groups is 1. The summed E-state index contributed by atoms with van der Waals surface area (Å²) in [5.74, 6) is 1.21. The quantitative estimate of drug-likeness (QED) is 0.235. The molecule has 164 valence electrons. The van der Waals surface area contributed by atoms with Crippen LogP contribution in [0.25, 0.3) is 21.3 Å². The number of ether oxygens (including phenoxy) is 2. The van der Waals surface area contributed by atoms with Crippen LogP contribution in [0.15, 0.2) is 60.2 Å². The Kier molecular flexibility index (Phi) is 6.97. The first kappa shape index (κ1) is 21.8. The molecule has 32 heavy (non-hydrogen) atoms. The third-order valence-corrected chi connectivity index (χ3v) is 5.82. The van der Waals surface area contributed by atoms with E-state index in [1.165, 1.54) is 0 Å². The van der Waals surface area contributed by atoms with Gasteiger partial charge < -0.3 is 14.8 Å². The van der Waals surface area contributed by atoms with Gasteiger partial charge >= 0.3 is 5.97 Å². The zero-order valence-corrected chi connectivity index (χ0v) is 18.9. The Hall–Kier alpha value is -3.45. The Morgan fingerprint density at radius 1 is 1.09 bits per heavy atom. The van der Waals surface area contributed by atoms with Crippen molar-refractivity contribution >= 4 is 39.0 Å². The predicted molar refractivity (Wildman–Crippen MR) is 129 cm³/mol. The van der Waals surface area contributed by atoms with E-state index in [4.69, 9.17) is 9.47 Å². The van der Waals surface area contributed by atoms with Gasteiger partial charge in [-0.05, 0) is 49.2 Å². The number of carbonyl (C=O) groups excluding carboxylic acids is 1. The van der Waals surface area contributed by atoms with Crippen LogP contribution in [0.5, 0.6) is 5.75 Å². The summed E-state index contributed by atoms with van der Waals surface area (Å²) in [6.07, 6.45) is 3.39. The molecule has 4 rings (SSSR count). The van der Waals surface area contributed by atoms with Gasteiger partial charge in [0.25, 0.3) is 0 Å². The van der Waals surface area contributed by atoms with E-state index in [0.29, 0.717) is 24.6 Å². The van der Waals surface area contributed by atoms with Crippen LogP contribution < -0.4 is 10.1 Å². The van der Waals surface area contributed by atoms with Gasteiger partial charge in [0, 0.05) is 16.6 Å². The average Bonchev–Trinajstić information content (AvgIpc) is 3.25. The van der Waals surface area contributed by atoms with E-state index in [1.54, 1.807) is 29.8 Å². The zero-order chi connectivity index (χ0) is 22.3. The molecule has 2 heterocycles. The van der Waals surface area contributed by atoms with Crippen LogP contribution in [-0.2, 0) is 4.74 Å². The van der Waals surface area contributed by atoms with E-state index in [1.807, 2.05) is 43.3 Å². The predicted octanol–water partition coefficient (Wildman–Crippen LogP) is 6.46. The number of hydrogen-bond acceptors (Lipinski definition) is 7. The number of unbranched alkanes of at least 4 members (excludes halogenated alkanes) is 1. The molecule has 0 radical (unpaired) electrons. The second kappa shape index (κ2) is 10.2. The maximum absolute atomic E-state index is 12.3. The molecule has 0 amide bonds. The van der Waals surface area contributed by atoms with Crippen molar-refractivity contribution in [3.8, 4) is 16.9 Å². The largest absolute Gasteiger partial charge is 0.494 e. The van der Waals surface area contributed by atoms with Gasteiger partial charge in [-0.25, -0.2) is 14.8 Å². The van der Waals surface area contributed by atoms with Crippen molar-refractivity contribution in [1.29, 1.82) is 0 Å². The molecule has 2 aromatic heterocycles. The Morgan fingerprint density at radius 3 is 2.72 bits per heavy atom. The molecule has 1 N–H and O–H groups in total. The highest BCUT2D eigenvalue weighted by molar-refractivity contribution is 7.17. The monoisotopic (exact) mass is 447 g/mol. The molecule has 0 spiro atoms. The lowest BCUT2D eigenvalue weighted by atomic mass is 10.1. The molecule has 0 aliphatic carbocycles. The molecule has 0 atom stereocenters. The second-order valence-electron chi connectivity index (χ2n) is 7.20. The van der Waals surface area contributed by atoms with E-state index in [2.05, 4.69) is 27.6 Å². The summed E-state index contributed by atoms with van der Waals surface area (Å²) >= 11 is 1.57. The molecule has 6 nitrogen and oxygen atoms in total. The maximum Gasteiger partial charge on any atom is 0.338 e. The molecule has 0 unspecified atom stereocenters. The molecule has 0 bridgehead atoms. The minimum absolute atomic E-state index is 0.319. The molecule has 0 saturated carbocycles. The Bertz CT molecular complexity index is 1200. The van der Waals surface area contributed by atoms with Crippen molar-refractivity contribution in [2.24, 2.45) is 0 Å². The minimum atomic E-state index is -0.319. The van der Waals surface area contributed by atoms with Gasteiger partial charge in [-0.2, -0.15) is 0 Å². The van der Waals surface area contributed by atoms with Crippen LogP contribution in [0.2, 0.25) is 0 Å². The standard InChI is InChI=1S/C25H25N3O3S/c1-3-5-13-31-25(29)18-7-6-8-19(14-18)28-23-22-21(15-32-24(22)27-16-26-23)17-9-11-20(12-10-17)30-4-2/h6-12,14-16H,3-5,13H2,1-2H3,(H,26,27,28). The molecule has 2 aromatic carbocycles. The van der Waals surface area contributed by atoms with Crippen LogP contribution >= 0.6 is 11.3 Å². The summed E-state index contributed by atoms with van der Waals surface area (Å²) in [6.45, 7) is 5.09. The van der Waals surface area contributed by atoms with E-state index in [9.17, 15) is 4.79 Å². The Morgan fingerprint density at radius 2 is 1.94 bits per heavy atom. The number of rotatable bonds is 9. The first-order valence-corrected chi connectivity index (χ1v) is 11.6.